The molecule has 2 aromatic carbocycles. The van der Waals surface area contributed by atoms with Gasteiger partial charge in [0, 0.05) is 36.2 Å². The van der Waals surface area contributed by atoms with Gasteiger partial charge in [-0.15, -0.1) is 23.5 Å². The van der Waals surface area contributed by atoms with E-state index >= 15 is 0 Å². The first-order chi connectivity index (χ1) is 12.1. The summed E-state index contributed by atoms with van der Waals surface area (Å²) in [7, 11) is 3.49. The second kappa shape index (κ2) is 8.19. The van der Waals surface area contributed by atoms with Gasteiger partial charge < -0.3 is 9.64 Å². The van der Waals surface area contributed by atoms with Crippen LogP contribution in [0.5, 0.6) is 5.75 Å². The first-order valence-corrected chi connectivity index (χ1v) is 10.4. The lowest BCUT2D eigenvalue weighted by Gasteiger charge is -2.20. The van der Waals surface area contributed by atoms with E-state index in [1.807, 2.05) is 61.8 Å². The van der Waals surface area contributed by atoms with E-state index in [4.69, 9.17) is 4.74 Å². The maximum atomic E-state index is 12.7. The number of ether oxygens (including phenoxy) is 1. The Labute approximate surface area is 158 Å². The highest BCUT2D eigenvalue weighted by molar-refractivity contribution is 8.19. The average Bonchev–Trinajstić information content (AvgIpc) is 3.16. The summed E-state index contributed by atoms with van der Waals surface area (Å²) in [4.78, 5) is 14.5. The maximum absolute atomic E-state index is 12.7. The van der Waals surface area contributed by atoms with Crippen molar-refractivity contribution in [2.75, 3.05) is 25.7 Å². The molecule has 0 saturated carbocycles. The van der Waals surface area contributed by atoms with E-state index in [9.17, 15) is 4.79 Å². The fourth-order valence-corrected chi connectivity index (χ4v) is 5.77. The first-order valence-electron chi connectivity index (χ1n) is 8.30. The van der Waals surface area contributed by atoms with Crippen LogP contribution >= 0.6 is 23.5 Å². The van der Waals surface area contributed by atoms with Crippen LogP contribution in [0, 0.1) is 6.92 Å². The molecule has 0 spiro atoms. The number of hydrogen-bond acceptors (Lipinski definition) is 4. The molecular formula is C20H23NO2S2. The van der Waals surface area contributed by atoms with Crippen molar-refractivity contribution in [3.63, 3.8) is 0 Å². The third-order valence-electron chi connectivity index (χ3n) is 4.24. The molecule has 1 aliphatic rings. The Hall–Kier alpha value is -1.59. The summed E-state index contributed by atoms with van der Waals surface area (Å²) in [5.41, 5.74) is 4.21. The molecule has 0 atom stereocenters. The molecule has 0 aromatic heterocycles. The molecule has 1 aliphatic heterocycles. The van der Waals surface area contributed by atoms with E-state index in [0.29, 0.717) is 11.1 Å². The molecule has 5 heteroatoms. The zero-order valence-corrected chi connectivity index (χ0v) is 16.5. The molecule has 1 fully saturated rings. The van der Waals surface area contributed by atoms with Crippen LogP contribution in [0.1, 0.15) is 31.6 Å². The van der Waals surface area contributed by atoms with Crippen LogP contribution < -0.4 is 4.74 Å². The maximum Gasteiger partial charge on any atom is 0.253 e. The van der Waals surface area contributed by atoms with Crippen molar-refractivity contribution >= 4 is 29.4 Å². The van der Waals surface area contributed by atoms with Crippen molar-refractivity contribution in [1.82, 2.24) is 4.90 Å². The number of benzene rings is 2. The molecule has 1 amide bonds. The third kappa shape index (κ3) is 4.33. The van der Waals surface area contributed by atoms with Gasteiger partial charge in [-0.3, -0.25) is 4.79 Å². The van der Waals surface area contributed by atoms with Gasteiger partial charge in [0.15, 0.2) is 0 Å². The number of hydrogen-bond donors (Lipinski definition) is 0. The third-order valence-corrected chi connectivity index (χ3v) is 7.35. The standard InChI is InChI=1S/C20H23NO2S2/c1-14-4-9-18(23-3)17(12-14)13-21(2)19(22)15-5-7-16(8-6-15)20-24-10-11-25-20/h4-9,12,20H,10-11,13H2,1-3H3. The number of methoxy groups -OCH3 is 1. The Bertz CT molecular complexity index is 740. The predicted octanol–water partition coefficient (Wildman–Crippen LogP) is 4.75. The monoisotopic (exact) mass is 373 g/mol. The number of amides is 1. The first kappa shape index (κ1) is 18.2. The van der Waals surface area contributed by atoms with Crippen molar-refractivity contribution in [3.05, 3.63) is 64.7 Å². The normalized spacial score (nSPS) is 14.5. The van der Waals surface area contributed by atoms with Gasteiger partial charge in [-0.05, 0) is 30.7 Å². The Morgan fingerprint density at radius 1 is 1.16 bits per heavy atom. The number of carbonyl (C=O) groups excluding carboxylic acids is 1. The Morgan fingerprint density at radius 2 is 1.84 bits per heavy atom. The van der Waals surface area contributed by atoms with Gasteiger partial charge in [0.2, 0.25) is 0 Å². The van der Waals surface area contributed by atoms with Gasteiger partial charge in [0.05, 0.1) is 11.7 Å². The van der Waals surface area contributed by atoms with Crippen LogP contribution in [0.15, 0.2) is 42.5 Å². The molecule has 2 aromatic rings. The lowest BCUT2D eigenvalue weighted by atomic mass is 10.1. The number of nitrogens with zero attached hydrogens (tertiary/aromatic N) is 1. The van der Waals surface area contributed by atoms with Gasteiger partial charge in [-0.2, -0.15) is 0 Å². The van der Waals surface area contributed by atoms with Gasteiger partial charge >= 0.3 is 0 Å². The zero-order valence-electron chi connectivity index (χ0n) is 14.8. The van der Waals surface area contributed by atoms with Crippen molar-refractivity contribution in [2.24, 2.45) is 0 Å². The van der Waals surface area contributed by atoms with E-state index in [2.05, 4.69) is 18.2 Å². The molecule has 0 unspecified atom stereocenters. The topological polar surface area (TPSA) is 29.5 Å². The molecule has 3 nitrogen and oxygen atoms in total. The summed E-state index contributed by atoms with van der Waals surface area (Å²) in [5, 5.41) is 0. The van der Waals surface area contributed by atoms with Crippen molar-refractivity contribution in [3.8, 4) is 5.75 Å². The minimum absolute atomic E-state index is 0.0295. The average molecular weight is 374 g/mol. The zero-order chi connectivity index (χ0) is 17.8. The van der Waals surface area contributed by atoms with E-state index in [-0.39, 0.29) is 5.91 Å². The lowest BCUT2D eigenvalue weighted by molar-refractivity contribution is 0.0784. The van der Waals surface area contributed by atoms with Crippen molar-refractivity contribution in [1.29, 1.82) is 0 Å². The molecular weight excluding hydrogens is 350 g/mol. The lowest BCUT2D eigenvalue weighted by Crippen LogP contribution is -2.26. The summed E-state index contributed by atoms with van der Waals surface area (Å²) in [6, 6.07) is 14.1. The van der Waals surface area contributed by atoms with Crippen LogP contribution in [0.4, 0.5) is 0 Å². The number of carbonyl (C=O) groups is 1. The smallest absolute Gasteiger partial charge is 0.253 e. The van der Waals surface area contributed by atoms with E-state index in [1.165, 1.54) is 17.1 Å². The van der Waals surface area contributed by atoms with E-state index in [1.54, 1.807) is 12.0 Å². The molecule has 25 heavy (non-hydrogen) atoms. The molecule has 1 heterocycles. The minimum Gasteiger partial charge on any atom is -0.496 e. The Kier molecular flexibility index (Phi) is 5.97. The van der Waals surface area contributed by atoms with Crippen molar-refractivity contribution in [2.45, 2.75) is 18.1 Å². The molecule has 132 valence electrons. The summed E-state index contributed by atoms with van der Waals surface area (Å²) < 4.78 is 5.93. The quantitative estimate of drug-likeness (QED) is 0.756. The summed E-state index contributed by atoms with van der Waals surface area (Å²) in [5.74, 6) is 3.26. The highest BCUT2D eigenvalue weighted by atomic mass is 32.2. The van der Waals surface area contributed by atoms with Gasteiger partial charge in [0.25, 0.3) is 5.91 Å². The van der Waals surface area contributed by atoms with E-state index in [0.717, 1.165) is 22.4 Å². The number of rotatable bonds is 5. The predicted molar refractivity (Wildman–Crippen MR) is 108 cm³/mol. The fraction of sp³-hybridized carbons (Fsp3) is 0.350. The van der Waals surface area contributed by atoms with Gasteiger partial charge in [-0.25, -0.2) is 0 Å². The number of thioether (sulfide) groups is 2. The summed E-state index contributed by atoms with van der Waals surface area (Å²) >= 11 is 3.95. The highest BCUT2D eigenvalue weighted by Crippen LogP contribution is 2.45. The highest BCUT2D eigenvalue weighted by Gasteiger charge is 2.19. The van der Waals surface area contributed by atoms with Crippen LogP contribution in [-0.2, 0) is 6.54 Å². The molecule has 1 saturated heterocycles. The Balaban J connectivity index is 1.71. The molecule has 0 radical (unpaired) electrons. The molecule has 0 N–H and O–H groups in total. The number of aryl methyl sites for hydroxylation is 1. The molecule has 0 aliphatic carbocycles. The SMILES string of the molecule is COc1ccc(C)cc1CN(C)C(=O)c1ccc(C2SCCS2)cc1. The minimum atomic E-state index is 0.0295. The molecule has 3 rings (SSSR count). The van der Waals surface area contributed by atoms with Gasteiger partial charge in [0.1, 0.15) is 5.75 Å². The van der Waals surface area contributed by atoms with Crippen LogP contribution in [-0.4, -0.2) is 36.5 Å². The van der Waals surface area contributed by atoms with Crippen LogP contribution in [0.3, 0.4) is 0 Å². The van der Waals surface area contributed by atoms with Crippen molar-refractivity contribution < 1.29 is 9.53 Å². The van der Waals surface area contributed by atoms with E-state index < -0.39 is 0 Å². The van der Waals surface area contributed by atoms with Gasteiger partial charge in [-0.1, -0.05) is 29.8 Å². The second-order valence-electron chi connectivity index (χ2n) is 6.17. The second-order valence-corrected chi connectivity index (χ2v) is 8.90. The fourth-order valence-electron chi connectivity index (χ4n) is 2.91. The van der Waals surface area contributed by atoms with Crippen LogP contribution in [0.25, 0.3) is 0 Å². The Morgan fingerprint density at radius 3 is 2.48 bits per heavy atom. The molecule has 0 bridgehead atoms. The summed E-state index contributed by atoms with van der Waals surface area (Å²) in [6.07, 6.45) is 0. The largest absolute Gasteiger partial charge is 0.496 e. The summed E-state index contributed by atoms with van der Waals surface area (Å²) in [6.45, 7) is 2.57. The van der Waals surface area contributed by atoms with Crippen LogP contribution in [0.2, 0.25) is 0 Å².